The van der Waals surface area contributed by atoms with Crippen molar-refractivity contribution in [3.8, 4) is 0 Å². The quantitative estimate of drug-likeness (QED) is 0.836. The first-order chi connectivity index (χ1) is 9.86. The molecule has 1 aromatic heterocycles. The van der Waals surface area contributed by atoms with Gasteiger partial charge in [-0.2, -0.15) is 13.2 Å². The molecule has 1 N–H and O–H groups in total. The molecule has 0 spiro atoms. The van der Waals surface area contributed by atoms with Crippen LogP contribution >= 0.6 is 11.3 Å². The SMILES string of the molecule is Cc1ccc(CC(C)NCc2ccccc2C(F)(F)F)s1. The third-order valence-electron chi connectivity index (χ3n) is 3.27. The molecule has 0 aliphatic heterocycles. The van der Waals surface area contributed by atoms with Crippen LogP contribution < -0.4 is 5.32 Å². The van der Waals surface area contributed by atoms with E-state index in [-0.39, 0.29) is 12.6 Å². The van der Waals surface area contributed by atoms with Crippen LogP contribution in [-0.4, -0.2) is 6.04 Å². The molecule has 21 heavy (non-hydrogen) atoms. The molecule has 5 heteroatoms. The van der Waals surface area contributed by atoms with Crippen molar-refractivity contribution >= 4 is 11.3 Å². The Morgan fingerprint density at radius 3 is 2.48 bits per heavy atom. The van der Waals surface area contributed by atoms with Crippen LogP contribution in [0.4, 0.5) is 13.2 Å². The fourth-order valence-electron chi connectivity index (χ4n) is 2.20. The molecule has 0 saturated heterocycles. The fourth-order valence-corrected chi connectivity index (χ4v) is 3.22. The van der Waals surface area contributed by atoms with Crippen LogP contribution in [0.5, 0.6) is 0 Å². The summed E-state index contributed by atoms with van der Waals surface area (Å²) < 4.78 is 38.7. The average Bonchev–Trinajstić information content (AvgIpc) is 2.81. The van der Waals surface area contributed by atoms with Crippen molar-refractivity contribution in [2.75, 3.05) is 0 Å². The van der Waals surface area contributed by atoms with E-state index in [4.69, 9.17) is 0 Å². The molecule has 0 aliphatic rings. The second kappa shape index (κ2) is 6.62. The minimum absolute atomic E-state index is 0.129. The van der Waals surface area contributed by atoms with Gasteiger partial charge in [-0.1, -0.05) is 18.2 Å². The van der Waals surface area contributed by atoms with Crippen molar-refractivity contribution in [1.82, 2.24) is 5.32 Å². The zero-order valence-corrected chi connectivity index (χ0v) is 12.8. The van der Waals surface area contributed by atoms with Gasteiger partial charge in [0.25, 0.3) is 0 Å². The summed E-state index contributed by atoms with van der Waals surface area (Å²) in [5.41, 5.74) is -0.268. The van der Waals surface area contributed by atoms with Crippen molar-refractivity contribution in [3.63, 3.8) is 0 Å². The number of halogens is 3. The summed E-state index contributed by atoms with van der Waals surface area (Å²) in [7, 11) is 0. The predicted molar refractivity (Wildman–Crippen MR) is 80.5 cm³/mol. The molecule has 1 unspecified atom stereocenters. The van der Waals surface area contributed by atoms with Gasteiger partial charge in [0.15, 0.2) is 0 Å². The Morgan fingerprint density at radius 2 is 1.86 bits per heavy atom. The van der Waals surface area contributed by atoms with Crippen molar-refractivity contribution in [2.45, 2.75) is 39.0 Å². The molecule has 1 heterocycles. The molecule has 0 aliphatic carbocycles. The Balaban J connectivity index is 1.97. The molecule has 2 rings (SSSR count). The number of hydrogen-bond acceptors (Lipinski definition) is 2. The maximum absolute atomic E-state index is 12.9. The van der Waals surface area contributed by atoms with E-state index in [2.05, 4.69) is 17.4 Å². The van der Waals surface area contributed by atoms with Gasteiger partial charge in [0.1, 0.15) is 0 Å². The number of benzene rings is 1. The molecule has 1 aromatic carbocycles. The first-order valence-electron chi connectivity index (χ1n) is 6.80. The predicted octanol–water partition coefficient (Wildman–Crippen LogP) is 4.80. The third kappa shape index (κ3) is 4.58. The van der Waals surface area contributed by atoms with Crippen molar-refractivity contribution < 1.29 is 13.2 Å². The Labute approximate surface area is 126 Å². The molecule has 0 amide bonds. The molecule has 0 fully saturated rings. The zero-order valence-electron chi connectivity index (χ0n) is 12.0. The molecule has 1 nitrogen and oxygen atoms in total. The molecular weight excluding hydrogens is 295 g/mol. The largest absolute Gasteiger partial charge is 0.416 e. The lowest BCUT2D eigenvalue weighted by Gasteiger charge is -2.16. The van der Waals surface area contributed by atoms with Crippen LogP contribution in [0.1, 0.15) is 27.8 Å². The van der Waals surface area contributed by atoms with E-state index in [1.165, 1.54) is 21.9 Å². The van der Waals surface area contributed by atoms with Gasteiger partial charge in [0.05, 0.1) is 5.56 Å². The van der Waals surface area contributed by atoms with Crippen LogP contribution in [-0.2, 0) is 19.1 Å². The Morgan fingerprint density at radius 1 is 1.14 bits per heavy atom. The number of alkyl halides is 3. The summed E-state index contributed by atoms with van der Waals surface area (Å²) in [5, 5.41) is 3.18. The first kappa shape index (κ1) is 16.0. The maximum Gasteiger partial charge on any atom is 0.416 e. The molecule has 1 atom stereocenters. The Bertz CT molecular complexity index is 589. The number of thiophene rings is 1. The lowest BCUT2D eigenvalue weighted by atomic mass is 10.1. The van der Waals surface area contributed by atoms with Gasteiger partial charge < -0.3 is 5.32 Å². The van der Waals surface area contributed by atoms with E-state index < -0.39 is 11.7 Å². The van der Waals surface area contributed by atoms with Crippen LogP contribution in [0.25, 0.3) is 0 Å². The molecule has 0 radical (unpaired) electrons. The van der Waals surface area contributed by atoms with Crippen LogP contribution in [0.3, 0.4) is 0 Å². The van der Waals surface area contributed by atoms with E-state index >= 15 is 0 Å². The number of nitrogens with one attached hydrogen (secondary N) is 1. The molecule has 0 bridgehead atoms. The third-order valence-corrected chi connectivity index (χ3v) is 4.29. The fraction of sp³-hybridized carbons (Fsp3) is 0.375. The van der Waals surface area contributed by atoms with E-state index in [9.17, 15) is 13.2 Å². The highest BCUT2D eigenvalue weighted by Crippen LogP contribution is 2.31. The summed E-state index contributed by atoms with van der Waals surface area (Å²) in [5.74, 6) is 0. The summed E-state index contributed by atoms with van der Waals surface area (Å²) in [6.07, 6.45) is -3.47. The van der Waals surface area contributed by atoms with Gasteiger partial charge in [0, 0.05) is 22.3 Å². The van der Waals surface area contributed by atoms with Crippen LogP contribution in [0.2, 0.25) is 0 Å². The van der Waals surface area contributed by atoms with E-state index in [0.29, 0.717) is 5.56 Å². The minimum atomic E-state index is -4.30. The first-order valence-corrected chi connectivity index (χ1v) is 7.61. The van der Waals surface area contributed by atoms with Gasteiger partial charge in [-0.25, -0.2) is 0 Å². The maximum atomic E-state index is 12.9. The molecular formula is C16H18F3NS. The summed E-state index contributed by atoms with van der Waals surface area (Å²) in [6, 6.07) is 9.98. The molecule has 114 valence electrons. The summed E-state index contributed by atoms with van der Waals surface area (Å²) in [4.78, 5) is 2.50. The van der Waals surface area contributed by atoms with Crippen molar-refractivity contribution in [2.24, 2.45) is 0 Å². The topological polar surface area (TPSA) is 12.0 Å². The zero-order chi connectivity index (χ0) is 15.5. The smallest absolute Gasteiger partial charge is 0.310 e. The lowest BCUT2D eigenvalue weighted by Crippen LogP contribution is -2.28. The van der Waals surface area contributed by atoms with Crippen molar-refractivity contribution in [3.05, 3.63) is 57.3 Å². The normalized spacial score (nSPS) is 13.4. The number of rotatable bonds is 5. The second-order valence-corrected chi connectivity index (χ2v) is 6.53. The Kier molecular flexibility index (Phi) is 5.06. The summed E-state index contributed by atoms with van der Waals surface area (Å²) in [6.45, 7) is 4.26. The second-order valence-electron chi connectivity index (χ2n) is 5.15. The van der Waals surface area contributed by atoms with E-state index in [1.807, 2.05) is 13.8 Å². The van der Waals surface area contributed by atoms with Crippen LogP contribution in [0, 0.1) is 6.92 Å². The van der Waals surface area contributed by atoms with E-state index in [0.717, 1.165) is 12.5 Å². The van der Waals surface area contributed by atoms with Crippen LogP contribution in [0.15, 0.2) is 36.4 Å². The lowest BCUT2D eigenvalue weighted by molar-refractivity contribution is -0.138. The highest BCUT2D eigenvalue weighted by atomic mass is 32.1. The number of hydrogen-bond donors (Lipinski definition) is 1. The standard InChI is InChI=1S/C16H18F3NS/c1-11(9-14-8-7-12(2)21-14)20-10-13-5-3-4-6-15(13)16(17,18)19/h3-8,11,20H,9-10H2,1-2H3. The Hall–Kier alpha value is -1.33. The number of aryl methyl sites for hydroxylation is 1. The highest BCUT2D eigenvalue weighted by molar-refractivity contribution is 7.11. The average molecular weight is 313 g/mol. The van der Waals surface area contributed by atoms with Gasteiger partial charge in [-0.05, 0) is 44.0 Å². The highest BCUT2D eigenvalue weighted by Gasteiger charge is 2.32. The van der Waals surface area contributed by atoms with Gasteiger partial charge in [-0.3, -0.25) is 0 Å². The summed E-state index contributed by atoms with van der Waals surface area (Å²) >= 11 is 1.73. The van der Waals surface area contributed by atoms with Gasteiger partial charge in [0.2, 0.25) is 0 Å². The van der Waals surface area contributed by atoms with Gasteiger partial charge >= 0.3 is 6.18 Å². The van der Waals surface area contributed by atoms with Gasteiger partial charge in [-0.15, -0.1) is 11.3 Å². The molecule has 0 saturated carbocycles. The molecule has 2 aromatic rings. The monoisotopic (exact) mass is 313 g/mol. The van der Waals surface area contributed by atoms with Crippen molar-refractivity contribution in [1.29, 1.82) is 0 Å². The van der Waals surface area contributed by atoms with E-state index in [1.54, 1.807) is 17.4 Å². The minimum Gasteiger partial charge on any atom is -0.310 e.